The highest BCUT2D eigenvalue weighted by atomic mass is 79.9. The van der Waals surface area contributed by atoms with Crippen molar-refractivity contribution in [2.75, 3.05) is 4.90 Å². The molecule has 1 aliphatic rings. The van der Waals surface area contributed by atoms with Gasteiger partial charge in [-0.05, 0) is 53.7 Å². The zero-order chi connectivity index (χ0) is 15.7. The Morgan fingerprint density at radius 1 is 1.05 bits per heavy atom. The first kappa shape index (κ1) is 15.3. The van der Waals surface area contributed by atoms with Crippen molar-refractivity contribution >= 4 is 62.2 Å². The van der Waals surface area contributed by atoms with Crippen molar-refractivity contribution in [3.8, 4) is 0 Å². The Labute approximate surface area is 145 Å². The predicted molar refractivity (Wildman–Crippen MR) is 94.0 cm³/mol. The molecular weight excluding hydrogens is 386 g/mol. The molecule has 0 saturated carbocycles. The second kappa shape index (κ2) is 6.28. The van der Waals surface area contributed by atoms with Crippen molar-refractivity contribution in [1.82, 2.24) is 0 Å². The number of carbonyl (C=O) groups excluding carboxylic acids is 2. The SMILES string of the molecule is O=C1S/C(=C\c2ccccc2Br)C(=O)N1c1ccc(Cl)cc1. The van der Waals surface area contributed by atoms with E-state index in [0.717, 1.165) is 26.7 Å². The molecule has 1 saturated heterocycles. The normalized spacial score (nSPS) is 16.6. The fraction of sp³-hybridized carbons (Fsp3) is 0. The molecule has 1 fully saturated rings. The van der Waals surface area contributed by atoms with Crippen LogP contribution in [0.3, 0.4) is 0 Å². The Bertz CT molecular complexity index is 789. The van der Waals surface area contributed by atoms with E-state index in [2.05, 4.69) is 15.9 Å². The maximum absolute atomic E-state index is 12.5. The van der Waals surface area contributed by atoms with Gasteiger partial charge in [-0.2, -0.15) is 0 Å². The number of hydrogen-bond acceptors (Lipinski definition) is 3. The molecule has 0 bridgehead atoms. The van der Waals surface area contributed by atoms with Crippen LogP contribution in [0.25, 0.3) is 6.08 Å². The monoisotopic (exact) mass is 393 g/mol. The van der Waals surface area contributed by atoms with Crippen molar-refractivity contribution in [3.05, 3.63) is 68.5 Å². The first-order valence-corrected chi connectivity index (χ1v) is 8.33. The van der Waals surface area contributed by atoms with Gasteiger partial charge in [0, 0.05) is 9.50 Å². The van der Waals surface area contributed by atoms with E-state index in [4.69, 9.17) is 11.6 Å². The van der Waals surface area contributed by atoms with Crippen LogP contribution < -0.4 is 4.90 Å². The van der Waals surface area contributed by atoms with E-state index in [0.29, 0.717) is 15.6 Å². The van der Waals surface area contributed by atoms with E-state index in [1.807, 2.05) is 24.3 Å². The number of amides is 2. The summed E-state index contributed by atoms with van der Waals surface area (Å²) in [6.45, 7) is 0. The highest BCUT2D eigenvalue weighted by Gasteiger charge is 2.36. The van der Waals surface area contributed by atoms with Gasteiger partial charge in [-0.1, -0.05) is 45.7 Å². The molecule has 3 rings (SSSR count). The topological polar surface area (TPSA) is 37.4 Å². The zero-order valence-corrected chi connectivity index (χ0v) is 14.3. The summed E-state index contributed by atoms with van der Waals surface area (Å²) in [6.07, 6.45) is 1.71. The van der Waals surface area contributed by atoms with Crippen LogP contribution in [-0.2, 0) is 4.79 Å². The standard InChI is InChI=1S/C16H9BrClNO2S/c17-13-4-2-1-3-10(13)9-14-15(20)19(16(21)22-14)12-7-5-11(18)6-8-12/h1-9H/b14-9-. The fourth-order valence-corrected chi connectivity index (χ4v) is 3.37. The summed E-state index contributed by atoms with van der Waals surface area (Å²) in [4.78, 5) is 26.2. The number of benzene rings is 2. The molecule has 0 N–H and O–H groups in total. The first-order valence-electron chi connectivity index (χ1n) is 6.34. The van der Waals surface area contributed by atoms with Crippen LogP contribution >= 0.6 is 39.3 Å². The molecular formula is C16H9BrClNO2S. The number of halogens is 2. The summed E-state index contributed by atoms with van der Waals surface area (Å²) in [7, 11) is 0. The summed E-state index contributed by atoms with van der Waals surface area (Å²) in [5, 5.41) is 0.241. The molecule has 6 heteroatoms. The molecule has 0 aliphatic carbocycles. The van der Waals surface area contributed by atoms with Crippen molar-refractivity contribution in [3.63, 3.8) is 0 Å². The van der Waals surface area contributed by atoms with Gasteiger partial charge in [-0.3, -0.25) is 9.59 Å². The molecule has 1 aliphatic heterocycles. The molecule has 0 radical (unpaired) electrons. The second-order valence-electron chi connectivity index (χ2n) is 4.52. The van der Waals surface area contributed by atoms with Crippen LogP contribution in [0.5, 0.6) is 0 Å². The van der Waals surface area contributed by atoms with Gasteiger partial charge >= 0.3 is 0 Å². The van der Waals surface area contributed by atoms with Crippen LogP contribution in [0.1, 0.15) is 5.56 Å². The average Bonchev–Trinajstić information content (AvgIpc) is 2.77. The third-order valence-corrected chi connectivity index (χ3v) is 4.91. The minimum absolute atomic E-state index is 0.314. The number of carbonyl (C=O) groups is 2. The van der Waals surface area contributed by atoms with Crippen molar-refractivity contribution < 1.29 is 9.59 Å². The van der Waals surface area contributed by atoms with Crippen molar-refractivity contribution in [2.24, 2.45) is 0 Å². The molecule has 22 heavy (non-hydrogen) atoms. The Balaban J connectivity index is 1.95. The number of anilines is 1. The minimum atomic E-state index is -0.326. The summed E-state index contributed by atoms with van der Waals surface area (Å²) >= 11 is 10.2. The first-order chi connectivity index (χ1) is 10.6. The van der Waals surface area contributed by atoms with E-state index in [1.165, 1.54) is 0 Å². The van der Waals surface area contributed by atoms with Crippen molar-refractivity contribution in [1.29, 1.82) is 0 Å². The number of nitrogens with zero attached hydrogens (tertiary/aromatic N) is 1. The number of imide groups is 1. The van der Waals surface area contributed by atoms with Gasteiger partial charge in [0.05, 0.1) is 10.6 Å². The number of thioether (sulfide) groups is 1. The van der Waals surface area contributed by atoms with Gasteiger partial charge in [0.15, 0.2) is 0 Å². The highest BCUT2D eigenvalue weighted by Crippen LogP contribution is 2.36. The van der Waals surface area contributed by atoms with Crippen molar-refractivity contribution in [2.45, 2.75) is 0 Å². The van der Waals surface area contributed by atoms with Crippen LogP contribution in [0, 0.1) is 0 Å². The molecule has 110 valence electrons. The third-order valence-electron chi connectivity index (χ3n) is 3.07. The van der Waals surface area contributed by atoms with Crippen LogP contribution in [0.15, 0.2) is 57.9 Å². The molecule has 2 aromatic rings. The minimum Gasteiger partial charge on any atom is -0.268 e. The molecule has 0 aromatic heterocycles. The maximum atomic E-state index is 12.5. The zero-order valence-electron chi connectivity index (χ0n) is 11.1. The lowest BCUT2D eigenvalue weighted by Gasteiger charge is -2.12. The average molecular weight is 395 g/mol. The lowest BCUT2D eigenvalue weighted by Crippen LogP contribution is -2.27. The highest BCUT2D eigenvalue weighted by molar-refractivity contribution is 9.10. The van der Waals surface area contributed by atoms with Gasteiger partial charge in [0.25, 0.3) is 11.1 Å². The third kappa shape index (κ3) is 2.97. The summed E-state index contributed by atoms with van der Waals surface area (Å²) in [6, 6.07) is 14.1. The molecule has 1 heterocycles. The molecule has 2 amide bonds. The van der Waals surface area contributed by atoms with Crippen LogP contribution in [0.4, 0.5) is 10.5 Å². The van der Waals surface area contributed by atoms with Gasteiger partial charge in [-0.15, -0.1) is 0 Å². The van der Waals surface area contributed by atoms with E-state index >= 15 is 0 Å². The summed E-state index contributed by atoms with van der Waals surface area (Å²) < 4.78 is 0.869. The van der Waals surface area contributed by atoms with Gasteiger partial charge in [0.2, 0.25) is 0 Å². The Morgan fingerprint density at radius 2 is 1.73 bits per heavy atom. The summed E-state index contributed by atoms with van der Waals surface area (Å²) in [5.41, 5.74) is 1.37. The van der Waals surface area contributed by atoms with E-state index in [9.17, 15) is 9.59 Å². The fourth-order valence-electron chi connectivity index (χ4n) is 2.01. The van der Waals surface area contributed by atoms with Gasteiger partial charge in [0.1, 0.15) is 0 Å². The quantitative estimate of drug-likeness (QED) is 0.645. The van der Waals surface area contributed by atoms with E-state index in [1.54, 1.807) is 30.3 Å². The lowest BCUT2D eigenvalue weighted by atomic mass is 10.2. The molecule has 0 spiro atoms. The molecule has 2 aromatic carbocycles. The largest absolute Gasteiger partial charge is 0.298 e. The predicted octanol–water partition coefficient (Wildman–Crippen LogP) is 5.34. The number of hydrogen-bond donors (Lipinski definition) is 0. The molecule has 3 nitrogen and oxygen atoms in total. The Hall–Kier alpha value is -1.56. The van der Waals surface area contributed by atoms with Gasteiger partial charge < -0.3 is 0 Å². The lowest BCUT2D eigenvalue weighted by molar-refractivity contribution is -0.113. The maximum Gasteiger partial charge on any atom is 0.298 e. The number of rotatable bonds is 2. The van der Waals surface area contributed by atoms with Gasteiger partial charge in [-0.25, -0.2) is 4.90 Å². The second-order valence-corrected chi connectivity index (χ2v) is 6.80. The van der Waals surface area contributed by atoms with Crippen LogP contribution in [0.2, 0.25) is 5.02 Å². The summed E-state index contributed by atoms with van der Waals surface area (Å²) in [5.74, 6) is -0.326. The van der Waals surface area contributed by atoms with Crippen LogP contribution in [-0.4, -0.2) is 11.1 Å². The van der Waals surface area contributed by atoms with E-state index in [-0.39, 0.29) is 11.1 Å². The van der Waals surface area contributed by atoms with E-state index < -0.39 is 0 Å². The molecule has 0 atom stereocenters. The Kier molecular flexibility index (Phi) is 4.38. The Morgan fingerprint density at radius 3 is 2.41 bits per heavy atom. The molecule has 0 unspecified atom stereocenters. The smallest absolute Gasteiger partial charge is 0.268 e.